The Balaban J connectivity index is 1.79. The summed E-state index contributed by atoms with van der Waals surface area (Å²) < 4.78 is 0. The van der Waals surface area contributed by atoms with E-state index in [0.717, 1.165) is 37.8 Å². The molecule has 0 bridgehead atoms. The van der Waals surface area contributed by atoms with E-state index in [1.807, 2.05) is 13.1 Å². The summed E-state index contributed by atoms with van der Waals surface area (Å²) in [6.07, 6.45) is 6.45. The van der Waals surface area contributed by atoms with Crippen molar-refractivity contribution in [2.24, 2.45) is 0 Å². The first-order chi connectivity index (χ1) is 10.2. The number of rotatable bonds is 4. The van der Waals surface area contributed by atoms with Crippen LogP contribution in [0.1, 0.15) is 42.5 Å². The first-order valence-electron chi connectivity index (χ1n) is 7.61. The number of hydrogen-bond acceptors (Lipinski definition) is 4. The third kappa shape index (κ3) is 3.15. The molecule has 1 aromatic heterocycles. The van der Waals surface area contributed by atoms with Crippen molar-refractivity contribution in [3.8, 4) is 6.07 Å². The zero-order valence-corrected chi connectivity index (χ0v) is 12.4. The molecule has 0 atom stereocenters. The number of nitrogens with one attached hydrogen (secondary N) is 1. The highest BCUT2D eigenvalue weighted by atomic mass is 16.2. The molecule has 1 amide bonds. The number of hydrogen-bond donors (Lipinski definition) is 1. The Morgan fingerprint density at radius 2 is 2.24 bits per heavy atom. The van der Waals surface area contributed by atoms with Crippen molar-refractivity contribution in [2.45, 2.75) is 44.6 Å². The molecule has 1 fully saturated rings. The van der Waals surface area contributed by atoms with Gasteiger partial charge in [0.05, 0.1) is 12.1 Å². The first-order valence-corrected chi connectivity index (χ1v) is 7.61. The lowest BCUT2D eigenvalue weighted by molar-refractivity contribution is -0.119. The van der Waals surface area contributed by atoms with Gasteiger partial charge >= 0.3 is 0 Å². The molecule has 110 valence electrons. The van der Waals surface area contributed by atoms with Crippen molar-refractivity contribution < 1.29 is 4.79 Å². The van der Waals surface area contributed by atoms with Crippen LogP contribution < -0.4 is 10.2 Å². The lowest BCUT2D eigenvalue weighted by Gasteiger charge is -2.22. The summed E-state index contributed by atoms with van der Waals surface area (Å²) in [5, 5.41) is 12.3. The third-order valence-electron chi connectivity index (χ3n) is 4.09. The number of anilines is 1. The number of nitriles is 1. The van der Waals surface area contributed by atoms with Crippen LogP contribution in [-0.2, 0) is 17.6 Å². The smallest absolute Gasteiger partial charge is 0.239 e. The molecule has 0 radical (unpaired) electrons. The molecule has 21 heavy (non-hydrogen) atoms. The molecule has 3 rings (SSSR count). The summed E-state index contributed by atoms with van der Waals surface area (Å²) in [5.74, 6) is 0.632. The molecule has 1 heterocycles. The monoisotopic (exact) mass is 284 g/mol. The Hall–Kier alpha value is -2.09. The van der Waals surface area contributed by atoms with Crippen LogP contribution in [0.3, 0.4) is 0 Å². The fourth-order valence-electron chi connectivity index (χ4n) is 2.79. The van der Waals surface area contributed by atoms with Crippen molar-refractivity contribution in [1.29, 1.82) is 5.26 Å². The Morgan fingerprint density at radius 1 is 1.48 bits per heavy atom. The standard InChI is InChI=1S/C16H20N4O/c1-20(10-15(21)18-13-6-7-13)16-12(9-17)8-11-4-2-3-5-14(11)19-16/h8,13H,2-7,10H2,1H3,(H,18,21). The van der Waals surface area contributed by atoms with Crippen LogP contribution in [-0.4, -0.2) is 30.5 Å². The van der Waals surface area contributed by atoms with Crippen LogP contribution >= 0.6 is 0 Å². The maximum atomic E-state index is 11.9. The molecule has 0 unspecified atom stereocenters. The van der Waals surface area contributed by atoms with Crippen molar-refractivity contribution in [2.75, 3.05) is 18.5 Å². The van der Waals surface area contributed by atoms with Crippen LogP contribution in [0.2, 0.25) is 0 Å². The highest BCUT2D eigenvalue weighted by Crippen LogP contribution is 2.26. The van der Waals surface area contributed by atoms with Crippen molar-refractivity contribution in [3.05, 3.63) is 22.9 Å². The van der Waals surface area contributed by atoms with E-state index in [0.29, 0.717) is 17.4 Å². The van der Waals surface area contributed by atoms with E-state index < -0.39 is 0 Å². The van der Waals surface area contributed by atoms with Crippen LogP contribution in [0.4, 0.5) is 5.82 Å². The van der Waals surface area contributed by atoms with Gasteiger partial charge in [-0.15, -0.1) is 0 Å². The third-order valence-corrected chi connectivity index (χ3v) is 4.09. The van der Waals surface area contributed by atoms with Gasteiger partial charge in [-0.05, 0) is 50.2 Å². The number of aromatic nitrogens is 1. The second kappa shape index (κ2) is 5.72. The van der Waals surface area contributed by atoms with E-state index in [-0.39, 0.29) is 12.5 Å². The van der Waals surface area contributed by atoms with Gasteiger partial charge in [0, 0.05) is 18.8 Å². The van der Waals surface area contributed by atoms with E-state index in [1.165, 1.54) is 12.0 Å². The molecule has 0 spiro atoms. The second-order valence-electron chi connectivity index (χ2n) is 5.98. The second-order valence-corrected chi connectivity index (χ2v) is 5.98. The van der Waals surface area contributed by atoms with E-state index in [1.54, 1.807) is 4.90 Å². The van der Waals surface area contributed by atoms with Gasteiger partial charge in [-0.1, -0.05) is 0 Å². The minimum Gasteiger partial charge on any atom is -0.352 e. The molecule has 1 N–H and O–H groups in total. The Morgan fingerprint density at radius 3 is 2.95 bits per heavy atom. The molecule has 0 aromatic carbocycles. The molecule has 5 nitrogen and oxygen atoms in total. The predicted octanol–water partition coefficient (Wildman–Crippen LogP) is 1.55. The maximum absolute atomic E-state index is 11.9. The minimum atomic E-state index is 0.00316. The van der Waals surface area contributed by atoms with Crippen LogP contribution in [0.5, 0.6) is 0 Å². The number of likely N-dealkylation sites (N-methyl/N-ethyl adjacent to an activating group) is 1. The first kappa shape index (κ1) is 13.9. The highest BCUT2D eigenvalue weighted by molar-refractivity contribution is 5.82. The van der Waals surface area contributed by atoms with Crippen LogP contribution in [0.25, 0.3) is 0 Å². The molecule has 2 aliphatic rings. The van der Waals surface area contributed by atoms with Gasteiger partial charge in [-0.3, -0.25) is 4.79 Å². The number of fused-ring (bicyclic) bond motifs is 1. The number of carbonyl (C=O) groups is 1. The van der Waals surface area contributed by atoms with Gasteiger partial charge in [0.15, 0.2) is 0 Å². The lowest BCUT2D eigenvalue weighted by atomic mass is 9.95. The normalized spacial score (nSPS) is 16.8. The lowest BCUT2D eigenvalue weighted by Crippen LogP contribution is -2.37. The van der Waals surface area contributed by atoms with Gasteiger partial charge in [0.2, 0.25) is 5.91 Å². The predicted molar refractivity (Wildman–Crippen MR) is 80.0 cm³/mol. The van der Waals surface area contributed by atoms with Gasteiger partial charge < -0.3 is 10.2 Å². The minimum absolute atomic E-state index is 0.00316. The molecule has 1 aromatic rings. The number of aryl methyl sites for hydroxylation is 2. The fraction of sp³-hybridized carbons (Fsp3) is 0.562. The Bertz CT molecular complexity index is 601. The van der Waals surface area contributed by atoms with Crippen molar-refractivity contribution in [3.63, 3.8) is 0 Å². The van der Waals surface area contributed by atoms with Gasteiger partial charge in [-0.2, -0.15) is 5.26 Å². The van der Waals surface area contributed by atoms with Crippen molar-refractivity contribution in [1.82, 2.24) is 10.3 Å². The summed E-state index contributed by atoms with van der Waals surface area (Å²) >= 11 is 0. The zero-order valence-electron chi connectivity index (χ0n) is 12.4. The van der Waals surface area contributed by atoms with Crippen LogP contribution in [0, 0.1) is 11.3 Å². The van der Waals surface area contributed by atoms with E-state index in [9.17, 15) is 10.1 Å². The number of nitrogens with zero attached hydrogens (tertiary/aromatic N) is 3. The molecular formula is C16H20N4O. The summed E-state index contributed by atoms with van der Waals surface area (Å²) in [4.78, 5) is 18.3. The number of carbonyl (C=O) groups excluding carboxylic acids is 1. The summed E-state index contributed by atoms with van der Waals surface area (Å²) in [6.45, 7) is 0.247. The fourth-order valence-corrected chi connectivity index (χ4v) is 2.79. The summed E-state index contributed by atoms with van der Waals surface area (Å²) in [7, 11) is 1.82. The number of amides is 1. The zero-order chi connectivity index (χ0) is 14.8. The van der Waals surface area contributed by atoms with Gasteiger partial charge in [-0.25, -0.2) is 4.98 Å². The Labute approximate surface area is 125 Å². The highest BCUT2D eigenvalue weighted by Gasteiger charge is 2.24. The quantitative estimate of drug-likeness (QED) is 0.910. The van der Waals surface area contributed by atoms with Gasteiger partial charge in [0.1, 0.15) is 11.9 Å². The topological polar surface area (TPSA) is 69.0 Å². The summed E-state index contributed by atoms with van der Waals surface area (Å²) in [6, 6.07) is 4.53. The average molecular weight is 284 g/mol. The SMILES string of the molecule is CN(CC(=O)NC1CC1)c1nc2c(cc1C#N)CCCC2. The molecule has 0 aliphatic heterocycles. The summed E-state index contributed by atoms with van der Waals surface area (Å²) in [5.41, 5.74) is 2.85. The molecule has 5 heteroatoms. The van der Waals surface area contributed by atoms with E-state index >= 15 is 0 Å². The van der Waals surface area contributed by atoms with E-state index in [2.05, 4.69) is 16.4 Å². The maximum Gasteiger partial charge on any atom is 0.239 e. The molecule has 1 saturated carbocycles. The molecule has 0 saturated heterocycles. The largest absolute Gasteiger partial charge is 0.352 e. The van der Waals surface area contributed by atoms with Gasteiger partial charge in [0.25, 0.3) is 0 Å². The molecular weight excluding hydrogens is 264 g/mol. The number of pyridine rings is 1. The Kier molecular flexibility index (Phi) is 3.78. The molecule has 2 aliphatic carbocycles. The van der Waals surface area contributed by atoms with Crippen LogP contribution in [0.15, 0.2) is 6.07 Å². The van der Waals surface area contributed by atoms with E-state index in [4.69, 9.17) is 0 Å². The average Bonchev–Trinajstić information content (AvgIpc) is 3.29. The van der Waals surface area contributed by atoms with Crippen molar-refractivity contribution >= 4 is 11.7 Å².